The van der Waals surface area contributed by atoms with Crippen LogP contribution in [-0.4, -0.2) is 50.5 Å². The third-order valence-electron chi connectivity index (χ3n) is 6.05. The van der Waals surface area contributed by atoms with Crippen LogP contribution in [0.5, 0.6) is 0 Å². The Morgan fingerprint density at radius 2 is 1.72 bits per heavy atom. The fourth-order valence-corrected chi connectivity index (χ4v) is 5.15. The molecule has 0 saturated carbocycles. The molecular formula is C27H38BrN3O4S. The summed E-state index contributed by atoms with van der Waals surface area (Å²) in [7, 11) is -3.53. The fraction of sp³-hybridized carbons (Fsp3) is 0.481. The number of aryl methyl sites for hydroxylation is 2. The zero-order chi connectivity index (χ0) is 26.9. The van der Waals surface area contributed by atoms with Gasteiger partial charge in [-0.25, -0.2) is 8.42 Å². The van der Waals surface area contributed by atoms with E-state index in [1.54, 1.807) is 11.8 Å². The van der Waals surface area contributed by atoms with E-state index in [0.29, 0.717) is 25.2 Å². The minimum Gasteiger partial charge on any atom is -0.354 e. The van der Waals surface area contributed by atoms with Crippen molar-refractivity contribution in [3.63, 3.8) is 0 Å². The van der Waals surface area contributed by atoms with Crippen LogP contribution in [0.2, 0.25) is 0 Å². The summed E-state index contributed by atoms with van der Waals surface area (Å²) in [6.45, 7) is 8.61. The van der Waals surface area contributed by atoms with Crippen LogP contribution in [0.25, 0.3) is 0 Å². The highest BCUT2D eigenvalue weighted by molar-refractivity contribution is 9.10. The molecule has 0 saturated heterocycles. The van der Waals surface area contributed by atoms with Gasteiger partial charge in [-0.05, 0) is 68.5 Å². The van der Waals surface area contributed by atoms with Crippen molar-refractivity contribution in [3.05, 3.63) is 63.6 Å². The van der Waals surface area contributed by atoms with E-state index in [9.17, 15) is 18.0 Å². The molecule has 198 valence electrons. The number of hydrogen-bond donors (Lipinski definition) is 1. The van der Waals surface area contributed by atoms with Crippen molar-refractivity contribution in [2.24, 2.45) is 0 Å². The first kappa shape index (κ1) is 29.8. The minimum absolute atomic E-state index is 0.125. The number of rotatable bonds is 13. The molecule has 1 atom stereocenters. The van der Waals surface area contributed by atoms with Gasteiger partial charge in [0.15, 0.2) is 0 Å². The van der Waals surface area contributed by atoms with E-state index in [-0.39, 0.29) is 24.8 Å². The van der Waals surface area contributed by atoms with Crippen molar-refractivity contribution in [1.29, 1.82) is 0 Å². The predicted molar refractivity (Wildman–Crippen MR) is 149 cm³/mol. The lowest BCUT2D eigenvalue weighted by Gasteiger charge is -2.29. The van der Waals surface area contributed by atoms with Gasteiger partial charge >= 0.3 is 0 Å². The number of nitrogens with zero attached hydrogens (tertiary/aromatic N) is 2. The van der Waals surface area contributed by atoms with Gasteiger partial charge in [-0.2, -0.15) is 0 Å². The number of anilines is 1. The minimum atomic E-state index is -3.53. The number of benzene rings is 2. The average molecular weight is 581 g/mol. The molecule has 2 aromatic carbocycles. The molecule has 0 fully saturated rings. The number of unbranched alkanes of at least 4 members (excludes halogenated alkanes) is 1. The van der Waals surface area contributed by atoms with E-state index >= 15 is 0 Å². The molecule has 1 unspecified atom stereocenters. The molecule has 0 aliphatic carbocycles. The van der Waals surface area contributed by atoms with Crippen molar-refractivity contribution in [2.75, 3.05) is 23.7 Å². The zero-order valence-corrected chi connectivity index (χ0v) is 24.3. The van der Waals surface area contributed by atoms with Gasteiger partial charge in [0.25, 0.3) is 0 Å². The molecule has 1 N–H and O–H groups in total. The monoisotopic (exact) mass is 579 g/mol. The third kappa shape index (κ3) is 8.92. The van der Waals surface area contributed by atoms with Crippen molar-refractivity contribution in [3.8, 4) is 0 Å². The highest BCUT2D eigenvalue weighted by Crippen LogP contribution is 2.25. The van der Waals surface area contributed by atoms with Gasteiger partial charge in [-0.3, -0.25) is 13.9 Å². The maximum Gasteiger partial charge on any atom is 0.242 e. The summed E-state index contributed by atoms with van der Waals surface area (Å²) in [5, 5.41) is 2.91. The van der Waals surface area contributed by atoms with Gasteiger partial charge < -0.3 is 10.2 Å². The smallest absolute Gasteiger partial charge is 0.242 e. The van der Waals surface area contributed by atoms with Gasteiger partial charge in [-0.1, -0.05) is 53.5 Å². The summed E-state index contributed by atoms with van der Waals surface area (Å²) in [5.74, 6) is -0.382. The Morgan fingerprint density at radius 1 is 1.06 bits per heavy atom. The van der Waals surface area contributed by atoms with Crippen LogP contribution in [0.4, 0.5) is 5.69 Å². The molecule has 9 heteroatoms. The molecular weight excluding hydrogens is 542 g/mol. The largest absolute Gasteiger partial charge is 0.354 e. The summed E-state index contributed by atoms with van der Waals surface area (Å²) in [4.78, 5) is 27.7. The third-order valence-corrected chi connectivity index (χ3v) is 7.76. The fourth-order valence-electron chi connectivity index (χ4n) is 3.88. The molecule has 2 rings (SSSR count). The summed E-state index contributed by atoms with van der Waals surface area (Å²) in [6.07, 6.45) is 3.48. The van der Waals surface area contributed by atoms with Crippen molar-refractivity contribution in [2.45, 2.75) is 66.0 Å². The molecule has 0 heterocycles. The molecule has 0 bridgehead atoms. The normalized spacial score (nSPS) is 12.2. The van der Waals surface area contributed by atoms with Crippen LogP contribution in [-0.2, 0) is 26.2 Å². The first-order valence-corrected chi connectivity index (χ1v) is 14.9. The molecule has 0 aliphatic heterocycles. The molecule has 7 nitrogen and oxygen atoms in total. The van der Waals surface area contributed by atoms with Crippen LogP contribution in [0.15, 0.2) is 46.9 Å². The number of amides is 2. The van der Waals surface area contributed by atoms with E-state index in [0.717, 1.165) is 34.0 Å². The standard InChI is InChI=1S/C27H38BrN3O4S/c1-6-7-16-29-27(33)22(4)30(19-23-12-14-24(28)15-13-23)26(32)9-8-17-31(36(5,34)35)25-18-20(2)10-11-21(25)3/h10-15,18,22H,6-9,16-17,19H2,1-5H3,(H,29,33). The first-order valence-electron chi connectivity index (χ1n) is 12.3. The van der Waals surface area contributed by atoms with Crippen LogP contribution in [0.3, 0.4) is 0 Å². The quantitative estimate of drug-likeness (QED) is 0.340. The second-order valence-corrected chi connectivity index (χ2v) is 12.0. The Morgan fingerprint density at radius 3 is 2.33 bits per heavy atom. The Labute approximate surface area is 224 Å². The first-order chi connectivity index (χ1) is 16.9. The lowest BCUT2D eigenvalue weighted by atomic mass is 10.1. The number of sulfonamides is 1. The van der Waals surface area contributed by atoms with Gasteiger partial charge in [0.05, 0.1) is 11.9 Å². The van der Waals surface area contributed by atoms with E-state index in [1.807, 2.05) is 56.3 Å². The molecule has 2 aromatic rings. The SMILES string of the molecule is CCCCNC(=O)C(C)N(Cc1ccc(Br)cc1)C(=O)CCCN(c1cc(C)ccc1C)S(C)(=O)=O. The number of carbonyl (C=O) groups excluding carboxylic acids is 2. The van der Waals surface area contributed by atoms with Crippen LogP contribution in [0.1, 0.15) is 56.2 Å². The topological polar surface area (TPSA) is 86.8 Å². The van der Waals surface area contributed by atoms with Gasteiger partial charge in [0, 0.05) is 30.5 Å². The summed E-state index contributed by atoms with van der Waals surface area (Å²) < 4.78 is 27.4. The number of nitrogens with one attached hydrogen (secondary N) is 1. The van der Waals surface area contributed by atoms with Crippen LogP contribution >= 0.6 is 15.9 Å². The summed E-state index contributed by atoms with van der Waals surface area (Å²) >= 11 is 3.42. The van der Waals surface area contributed by atoms with Crippen LogP contribution in [0, 0.1) is 13.8 Å². The molecule has 0 aliphatic rings. The maximum atomic E-state index is 13.3. The summed E-state index contributed by atoms with van der Waals surface area (Å²) in [5.41, 5.74) is 3.35. The average Bonchev–Trinajstić information content (AvgIpc) is 2.82. The molecule has 0 radical (unpaired) electrons. The lowest BCUT2D eigenvalue weighted by Crippen LogP contribution is -2.48. The molecule has 36 heavy (non-hydrogen) atoms. The second kappa shape index (κ2) is 13.8. The van der Waals surface area contributed by atoms with Crippen molar-refractivity contribution < 1.29 is 18.0 Å². The molecule has 0 aromatic heterocycles. The predicted octanol–water partition coefficient (Wildman–Crippen LogP) is 4.95. The van der Waals surface area contributed by atoms with Gasteiger partial charge in [0.2, 0.25) is 21.8 Å². The van der Waals surface area contributed by atoms with E-state index in [2.05, 4.69) is 28.2 Å². The van der Waals surface area contributed by atoms with Crippen molar-refractivity contribution in [1.82, 2.24) is 10.2 Å². The maximum absolute atomic E-state index is 13.3. The second-order valence-electron chi connectivity index (χ2n) is 9.20. The number of carbonyl (C=O) groups is 2. The molecule has 2 amide bonds. The lowest BCUT2D eigenvalue weighted by molar-refractivity contribution is -0.140. The Hall–Kier alpha value is -2.39. The summed E-state index contributed by atoms with van der Waals surface area (Å²) in [6, 6.07) is 12.7. The van der Waals surface area contributed by atoms with Crippen LogP contribution < -0.4 is 9.62 Å². The number of halogens is 1. The molecule has 0 spiro atoms. The Balaban J connectivity index is 2.17. The van der Waals surface area contributed by atoms with E-state index < -0.39 is 16.1 Å². The highest BCUT2D eigenvalue weighted by atomic mass is 79.9. The van der Waals surface area contributed by atoms with Gasteiger partial charge in [0.1, 0.15) is 6.04 Å². The highest BCUT2D eigenvalue weighted by Gasteiger charge is 2.26. The van der Waals surface area contributed by atoms with Crippen molar-refractivity contribution >= 4 is 43.5 Å². The van der Waals surface area contributed by atoms with E-state index in [4.69, 9.17) is 0 Å². The van der Waals surface area contributed by atoms with E-state index in [1.165, 1.54) is 10.6 Å². The zero-order valence-electron chi connectivity index (χ0n) is 21.9. The Bertz CT molecular complexity index is 1140. The van der Waals surface area contributed by atoms with Gasteiger partial charge in [-0.15, -0.1) is 0 Å². The Kier molecular flexibility index (Phi) is 11.4. The number of hydrogen-bond acceptors (Lipinski definition) is 4.